The summed E-state index contributed by atoms with van der Waals surface area (Å²) >= 11 is 0. The van der Waals surface area contributed by atoms with Gasteiger partial charge in [0.25, 0.3) is 0 Å². The van der Waals surface area contributed by atoms with Gasteiger partial charge in [-0.3, -0.25) is 0 Å². The molecule has 17 heavy (non-hydrogen) atoms. The van der Waals surface area contributed by atoms with Crippen LogP contribution in [0.3, 0.4) is 0 Å². The Balaban J connectivity index is 2.05. The van der Waals surface area contributed by atoms with E-state index in [4.69, 9.17) is 0 Å². The van der Waals surface area contributed by atoms with Gasteiger partial charge in [0.1, 0.15) is 0 Å². The van der Waals surface area contributed by atoms with Crippen LogP contribution in [0.5, 0.6) is 0 Å². The SMILES string of the molecule is CC(C)C1CCC(c2ccccc2CO)CC1. The van der Waals surface area contributed by atoms with Crippen LogP contribution in [-0.2, 0) is 6.61 Å². The van der Waals surface area contributed by atoms with E-state index < -0.39 is 0 Å². The summed E-state index contributed by atoms with van der Waals surface area (Å²) < 4.78 is 0. The zero-order valence-electron chi connectivity index (χ0n) is 11.0. The molecule has 1 nitrogen and oxygen atoms in total. The quantitative estimate of drug-likeness (QED) is 0.831. The van der Waals surface area contributed by atoms with Crippen LogP contribution in [0.2, 0.25) is 0 Å². The number of hydrogen-bond donors (Lipinski definition) is 1. The smallest absolute Gasteiger partial charge is 0.0684 e. The normalized spacial score (nSPS) is 25.2. The van der Waals surface area contributed by atoms with Gasteiger partial charge in [-0.15, -0.1) is 0 Å². The summed E-state index contributed by atoms with van der Waals surface area (Å²) in [6.45, 7) is 4.86. The van der Waals surface area contributed by atoms with Gasteiger partial charge in [0.05, 0.1) is 6.61 Å². The highest BCUT2D eigenvalue weighted by Gasteiger charge is 2.25. The van der Waals surface area contributed by atoms with E-state index in [1.54, 1.807) is 0 Å². The van der Waals surface area contributed by atoms with E-state index in [2.05, 4.69) is 32.0 Å². The van der Waals surface area contributed by atoms with E-state index in [1.165, 1.54) is 31.2 Å². The molecule has 0 spiro atoms. The Bertz CT molecular complexity index is 348. The molecule has 1 fully saturated rings. The first-order valence-electron chi connectivity index (χ1n) is 6.91. The maximum Gasteiger partial charge on any atom is 0.0684 e. The predicted octanol–water partition coefficient (Wildman–Crippen LogP) is 4.11. The van der Waals surface area contributed by atoms with Crippen molar-refractivity contribution < 1.29 is 5.11 Å². The lowest BCUT2D eigenvalue weighted by molar-refractivity contribution is 0.252. The topological polar surface area (TPSA) is 20.2 Å². The number of aliphatic hydroxyl groups is 1. The number of hydrogen-bond acceptors (Lipinski definition) is 1. The average Bonchev–Trinajstić information content (AvgIpc) is 2.39. The number of rotatable bonds is 3. The van der Waals surface area contributed by atoms with Crippen LogP contribution < -0.4 is 0 Å². The number of benzene rings is 1. The van der Waals surface area contributed by atoms with E-state index >= 15 is 0 Å². The largest absolute Gasteiger partial charge is 0.392 e. The number of aliphatic hydroxyl groups excluding tert-OH is 1. The highest BCUT2D eigenvalue weighted by Crippen LogP contribution is 2.39. The second-order valence-corrected chi connectivity index (χ2v) is 5.71. The van der Waals surface area contributed by atoms with E-state index in [0.29, 0.717) is 5.92 Å². The zero-order chi connectivity index (χ0) is 12.3. The highest BCUT2D eigenvalue weighted by molar-refractivity contribution is 5.30. The van der Waals surface area contributed by atoms with Crippen molar-refractivity contribution in [2.45, 2.75) is 52.1 Å². The Morgan fingerprint density at radius 3 is 2.35 bits per heavy atom. The van der Waals surface area contributed by atoms with Crippen LogP contribution in [-0.4, -0.2) is 5.11 Å². The maximum absolute atomic E-state index is 9.39. The van der Waals surface area contributed by atoms with Gasteiger partial charge >= 0.3 is 0 Å². The zero-order valence-corrected chi connectivity index (χ0v) is 11.0. The molecule has 0 atom stereocenters. The summed E-state index contributed by atoms with van der Waals surface area (Å²) in [7, 11) is 0. The third kappa shape index (κ3) is 2.90. The van der Waals surface area contributed by atoms with E-state index in [-0.39, 0.29) is 6.61 Å². The molecule has 0 amide bonds. The second-order valence-electron chi connectivity index (χ2n) is 5.71. The molecular weight excluding hydrogens is 208 g/mol. The molecule has 0 unspecified atom stereocenters. The molecule has 1 heteroatoms. The Labute approximate surface area is 105 Å². The van der Waals surface area contributed by atoms with Crippen molar-refractivity contribution in [1.82, 2.24) is 0 Å². The van der Waals surface area contributed by atoms with Gasteiger partial charge in [-0.1, -0.05) is 38.1 Å². The van der Waals surface area contributed by atoms with Crippen molar-refractivity contribution in [3.05, 3.63) is 35.4 Å². The van der Waals surface area contributed by atoms with Gasteiger partial charge in [0, 0.05) is 0 Å². The van der Waals surface area contributed by atoms with Crippen LogP contribution in [0, 0.1) is 11.8 Å². The summed E-state index contributed by atoms with van der Waals surface area (Å²) in [6, 6.07) is 8.38. The fourth-order valence-corrected chi connectivity index (χ4v) is 3.17. The summed E-state index contributed by atoms with van der Waals surface area (Å²) in [5, 5.41) is 9.39. The standard InChI is InChI=1S/C16H24O/c1-12(2)13-7-9-14(10-8-13)16-6-4-3-5-15(16)11-17/h3-6,12-14,17H,7-11H2,1-2H3. The molecule has 0 saturated heterocycles. The first-order valence-corrected chi connectivity index (χ1v) is 6.91. The van der Waals surface area contributed by atoms with Crippen molar-refractivity contribution in [2.24, 2.45) is 11.8 Å². The molecule has 1 aliphatic carbocycles. The molecule has 1 aliphatic rings. The molecule has 1 N–H and O–H groups in total. The fraction of sp³-hybridized carbons (Fsp3) is 0.625. The molecule has 0 bridgehead atoms. The van der Waals surface area contributed by atoms with Crippen molar-refractivity contribution >= 4 is 0 Å². The molecule has 1 aromatic carbocycles. The van der Waals surface area contributed by atoms with Crippen LogP contribution in [0.1, 0.15) is 56.6 Å². The molecule has 1 saturated carbocycles. The van der Waals surface area contributed by atoms with Crippen molar-refractivity contribution in [1.29, 1.82) is 0 Å². The van der Waals surface area contributed by atoms with Gasteiger partial charge in [-0.05, 0) is 54.6 Å². The van der Waals surface area contributed by atoms with Gasteiger partial charge in [0.2, 0.25) is 0 Å². The molecular formula is C16H24O. The molecule has 0 heterocycles. The second kappa shape index (κ2) is 5.68. The van der Waals surface area contributed by atoms with Crippen LogP contribution >= 0.6 is 0 Å². The summed E-state index contributed by atoms with van der Waals surface area (Å²) in [5.41, 5.74) is 2.51. The molecule has 94 valence electrons. The summed E-state index contributed by atoms with van der Waals surface area (Å²) in [6.07, 6.45) is 5.28. The first-order chi connectivity index (χ1) is 8.22. The fourth-order valence-electron chi connectivity index (χ4n) is 3.17. The Kier molecular flexibility index (Phi) is 4.22. The van der Waals surface area contributed by atoms with E-state index in [9.17, 15) is 5.11 Å². The van der Waals surface area contributed by atoms with Gasteiger partial charge in [-0.25, -0.2) is 0 Å². The monoisotopic (exact) mass is 232 g/mol. The Hall–Kier alpha value is -0.820. The van der Waals surface area contributed by atoms with Crippen molar-refractivity contribution in [3.8, 4) is 0 Å². The van der Waals surface area contributed by atoms with Gasteiger partial charge < -0.3 is 5.11 Å². The Morgan fingerprint density at radius 1 is 1.12 bits per heavy atom. The van der Waals surface area contributed by atoms with E-state index in [0.717, 1.165) is 17.4 Å². The lowest BCUT2D eigenvalue weighted by Crippen LogP contribution is -2.18. The average molecular weight is 232 g/mol. The van der Waals surface area contributed by atoms with Gasteiger partial charge in [0.15, 0.2) is 0 Å². The van der Waals surface area contributed by atoms with Gasteiger partial charge in [-0.2, -0.15) is 0 Å². The highest BCUT2D eigenvalue weighted by atomic mass is 16.3. The molecule has 0 radical (unpaired) electrons. The lowest BCUT2D eigenvalue weighted by Gasteiger charge is -2.31. The predicted molar refractivity (Wildman–Crippen MR) is 71.9 cm³/mol. The minimum atomic E-state index is 0.181. The van der Waals surface area contributed by atoms with Crippen LogP contribution in [0.25, 0.3) is 0 Å². The van der Waals surface area contributed by atoms with Crippen LogP contribution in [0.4, 0.5) is 0 Å². The third-order valence-electron chi connectivity index (χ3n) is 4.38. The first kappa shape index (κ1) is 12.6. The van der Waals surface area contributed by atoms with Crippen molar-refractivity contribution in [3.63, 3.8) is 0 Å². The molecule has 2 rings (SSSR count). The van der Waals surface area contributed by atoms with Crippen molar-refractivity contribution in [2.75, 3.05) is 0 Å². The molecule has 1 aromatic rings. The minimum Gasteiger partial charge on any atom is -0.392 e. The minimum absolute atomic E-state index is 0.181. The molecule has 0 aliphatic heterocycles. The molecule has 0 aromatic heterocycles. The Morgan fingerprint density at radius 2 is 1.76 bits per heavy atom. The lowest BCUT2D eigenvalue weighted by atomic mass is 9.74. The third-order valence-corrected chi connectivity index (χ3v) is 4.38. The summed E-state index contributed by atoms with van der Waals surface area (Å²) in [4.78, 5) is 0. The van der Waals surface area contributed by atoms with Crippen LogP contribution in [0.15, 0.2) is 24.3 Å². The maximum atomic E-state index is 9.39. The van der Waals surface area contributed by atoms with E-state index in [1.807, 2.05) is 6.07 Å². The summed E-state index contributed by atoms with van der Waals surface area (Å²) in [5.74, 6) is 2.41.